The predicted molar refractivity (Wildman–Crippen MR) is 163 cm³/mol. The van der Waals surface area contributed by atoms with E-state index in [9.17, 15) is 14.4 Å². The van der Waals surface area contributed by atoms with Gasteiger partial charge in [-0.2, -0.15) is 0 Å². The topological polar surface area (TPSA) is 82.1 Å². The van der Waals surface area contributed by atoms with Gasteiger partial charge in [0.25, 0.3) is 0 Å². The van der Waals surface area contributed by atoms with Crippen LogP contribution < -0.4 is 0 Å². The largest absolute Gasteiger partial charge is 0.465 e. The van der Waals surface area contributed by atoms with E-state index in [0.29, 0.717) is 25.6 Å². The standard InChI is InChI=1S/C33H61NO6/c1-6-10-12-14-16-20-24-38-31(35)26-34(27-32(36)39-25-21-17-15-13-11-7-2)28-33(37)40-30(9-4)23-19-18-22-29(5)8-3/h19,23,29-30H,6-18,20-22,24-28H2,1-5H3/b23-19-. The van der Waals surface area contributed by atoms with Crippen LogP contribution in [0.2, 0.25) is 0 Å². The Hall–Kier alpha value is -1.89. The van der Waals surface area contributed by atoms with Gasteiger partial charge in [-0.05, 0) is 44.1 Å². The lowest BCUT2D eigenvalue weighted by atomic mass is 10.0. The average Bonchev–Trinajstić information content (AvgIpc) is 2.93. The molecule has 0 amide bonds. The van der Waals surface area contributed by atoms with Gasteiger partial charge in [0.05, 0.1) is 32.8 Å². The monoisotopic (exact) mass is 567 g/mol. The summed E-state index contributed by atoms with van der Waals surface area (Å²) in [5, 5.41) is 0. The normalized spacial score (nSPS) is 12.9. The quantitative estimate of drug-likeness (QED) is 0.0433. The van der Waals surface area contributed by atoms with Crippen LogP contribution in [0.5, 0.6) is 0 Å². The van der Waals surface area contributed by atoms with Crippen molar-refractivity contribution in [1.29, 1.82) is 0 Å². The van der Waals surface area contributed by atoms with Crippen molar-refractivity contribution in [2.45, 2.75) is 143 Å². The van der Waals surface area contributed by atoms with Crippen LogP contribution >= 0.6 is 0 Å². The minimum atomic E-state index is -0.467. The number of allylic oxidation sites excluding steroid dienone is 1. The lowest BCUT2D eigenvalue weighted by Crippen LogP contribution is -2.40. The molecule has 0 rings (SSSR count). The predicted octanol–water partition coefficient (Wildman–Crippen LogP) is 7.80. The van der Waals surface area contributed by atoms with Crippen LogP contribution in [0.4, 0.5) is 0 Å². The number of rotatable bonds is 27. The first-order chi connectivity index (χ1) is 19.4. The number of hydrogen-bond acceptors (Lipinski definition) is 7. The maximum atomic E-state index is 12.7. The zero-order valence-corrected chi connectivity index (χ0v) is 26.6. The molecule has 0 radical (unpaired) electrons. The fourth-order valence-corrected chi connectivity index (χ4v) is 4.24. The van der Waals surface area contributed by atoms with E-state index >= 15 is 0 Å². The highest BCUT2D eigenvalue weighted by molar-refractivity contribution is 5.78. The number of carbonyl (C=O) groups excluding carboxylic acids is 3. The van der Waals surface area contributed by atoms with Gasteiger partial charge in [-0.3, -0.25) is 19.3 Å². The third-order valence-corrected chi connectivity index (χ3v) is 7.14. The zero-order chi connectivity index (χ0) is 29.8. The molecule has 0 aliphatic heterocycles. The summed E-state index contributed by atoms with van der Waals surface area (Å²) in [7, 11) is 0. The molecule has 0 N–H and O–H groups in total. The Morgan fingerprint density at radius 2 is 1.12 bits per heavy atom. The summed E-state index contributed by atoms with van der Waals surface area (Å²) in [5.41, 5.74) is 0. The minimum Gasteiger partial charge on any atom is -0.465 e. The molecule has 0 aromatic heterocycles. The highest BCUT2D eigenvalue weighted by Gasteiger charge is 2.21. The summed E-state index contributed by atoms with van der Waals surface area (Å²) in [5.74, 6) is -0.683. The number of nitrogens with zero attached hydrogens (tertiary/aromatic N) is 1. The molecule has 0 bridgehead atoms. The van der Waals surface area contributed by atoms with Crippen LogP contribution in [0.3, 0.4) is 0 Å². The number of hydrogen-bond donors (Lipinski definition) is 0. The Labute approximate surface area is 245 Å². The Balaban J connectivity index is 4.77. The fourth-order valence-electron chi connectivity index (χ4n) is 4.24. The molecular weight excluding hydrogens is 506 g/mol. The van der Waals surface area contributed by atoms with Gasteiger partial charge in [0, 0.05) is 0 Å². The van der Waals surface area contributed by atoms with Crippen LogP contribution in [-0.2, 0) is 28.6 Å². The first kappa shape index (κ1) is 38.1. The van der Waals surface area contributed by atoms with Gasteiger partial charge >= 0.3 is 17.9 Å². The van der Waals surface area contributed by atoms with E-state index in [0.717, 1.165) is 57.8 Å². The Morgan fingerprint density at radius 3 is 1.60 bits per heavy atom. The highest BCUT2D eigenvalue weighted by Crippen LogP contribution is 2.11. The SMILES string of the molecule is CCCCCCCCOC(=O)CN(CC(=O)OCCCCCCCC)CC(=O)OC(/C=C\CCC(C)CC)CC. The number of esters is 3. The van der Waals surface area contributed by atoms with Gasteiger partial charge in [-0.15, -0.1) is 0 Å². The first-order valence-corrected chi connectivity index (χ1v) is 16.3. The van der Waals surface area contributed by atoms with E-state index in [2.05, 4.69) is 33.8 Å². The number of unbranched alkanes of at least 4 members (excludes halogenated alkanes) is 10. The van der Waals surface area contributed by atoms with Gasteiger partial charge in [0.1, 0.15) is 6.10 Å². The van der Waals surface area contributed by atoms with Gasteiger partial charge < -0.3 is 14.2 Å². The van der Waals surface area contributed by atoms with Gasteiger partial charge in [-0.1, -0.05) is 111 Å². The third-order valence-electron chi connectivity index (χ3n) is 7.14. The van der Waals surface area contributed by atoms with Crippen LogP contribution in [0.1, 0.15) is 137 Å². The average molecular weight is 568 g/mol. The summed E-state index contributed by atoms with van der Waals surface area (Å²) >= 11 is 0. The molecule has 0 aromatic rings. The molecule has 0 heterocycles. The summed E-state index contributed by atoms with van der Waals surface area (Å²) in [6, 6.07) is 0. The molecule has 2 atom stereocenters. The number of ether oxygens (including phenoxy) is 3. The van der Waals surface area contributed by atoms with Crippen molar-refractivity contribution in [3.8, 4) is 0 Å². The molecule has 2 unspecified atom stereocenters. The summed E-state index contributed by atoms with van der Waals surface area (Å²) in [6.45, 7) is 11.0. The number of carbonyl (C=O) groups is 3. The highest BCUT2D eigenvalue weighted by atomic mass is 16.5. The molecule has 0 saturated heterocycles. The van der Waals surface area contributed by atoms with Crippen molar-refractivity contribution in [3.05, 3.63) is 12.2 Å². The molecule has 0 aromatic carbocycles. The first-order valence-electron chi connectivity index (χ1n) is 16.3. The van der Waals surface area contributed by atoms with Crippen LogP contribution in [0.25, 0.3) is 0 Å². The van der Waals surface area contributed by atoms with Crippen LogP contribution in [0, 0.1) is 5.92 Å². The molecule has 40 heavy (non-hydrogen) atoms. The second-order valence-electron chi connectivity index (χ2n) is 11.1. The second kappa shape index (κ2) is 27.3. The van der Waals surface area contributed by atoms with Gasteiger partial charge in [-0.25, -0.2) is 0 Å². The molecule has 7 nitrogen and oxygen atoms in total. The smallest absolute Gasteiger partial charge is 0.320 e. The minimum absolute atomic E-state index is 0.154. The molecule has 0 aliphatic rings. The van der Waals surface area contributed by atoms with Gasteiger partial charge in [0.15, 0.2) is 0 Å². The molecule has 0 aliphatic carbocycles. The molecule has 234 valence electrons. The van der Waals surface area contributed by atoms with Crippen molar-refractivity contribution >= 4 is 17.9 Å². The van der Waals surface area contributed by atoms with E-state index in [1.54, 1.807) is 0 Å². The molecule has 0 spiro atoms. The molecular formula is C33H61NO6. The van der Waals surface area contributed by atoms with Crippen molar-refractivity contribution in [2.24, 2.45) is 5.92 Å². The van der Waals surface area contributed by atoms with Crippen LogP contribution in [-0.4, -0.2) is 61.8 Å². The van der Waals surface area contributed by atoms with E-state index in [-0.39, 0.29) is 25.7 Å². The van der Waals surface area contributed by atoms with E-state index in [1.807, 2.05) is 13.0 Å². The van der Waals surface area contributed by atoms with Crippen LogP contribution in [0.15, 0.2) is 12.2 Å². The second-order valence-corrected chi connectivity index (χ2v) is 11.1. The molecule has 0 saturated carbocycles. The van der Waals surface area contributed by atoms with E-state index in [4.69, 9.17) is 14.2 Å². The van der Waals surface area contributed by atoms with Crippen molar-refractivity contribution < 1.29 is 28.6 Å². The fraction of sp³-hybridized carbons (Fsp3) is 0.848. The maximum Gasteiger partial charge on any atom is 0.320 e. The van der Waals surface area contributed by atoms with Gasteiger partial charge in [0.2, 0.25) is 0 Å². The maximum absolute atomic E-state index is 12.7. The Kier molecular flexibility index (Phi) is 26.0. The molecule has 0 fully saturated rings. The Morgan fingerprint density at radius 1 is 0.650 bits per heavy atom. The summed E-state index contributed by atoms with van der Waals surface area (Å²) < 4.78 is 16.4. The Bertz CT molecular complexity index is 633. The van der Waals surface area contributed by atoms with Crippen molar-refractivity contribution in [3.63, 3.8) is 0 Å². The zero-order valence-electron chi connectivity index (χ0n) is 26.6. The lowest BCUT2D eigenvalue weighted by molar-refractivity contribution is -0.153. The van der Waals surface area contributed by atoms with Crippen molar-refractivity contribution in [2.75, 3.05) is 32.8 Å². The third kappa shape index (κ3) is 24.0. The lowest BCUT2D eigenvalue weighted by Gasteiger charge is -2.21. The summed E-state index contributed by atoms with van der Waals surface area (Å²) in [4.78, 5) is 39.2. The van der Waals surface area contributed by atoms with Crippen molar-refractivity contribution in [1.82, 2.24) is 4.90 Å². The molecule has 7 heteroatoms. The summed E-state index contributed by atoms with van der Waals surface area (Å²) in [6.07, 6.45) is 20.8. The van der Waals surface area contributed by atoms with E-state index in [1.165, 1.54) is 43.4 Å². The van der Waals surface area contributed by atoms with E-state index < -0.39 is 17.9 Å².